The fraction of sp³-hybridized carbons (Fsp3) is 0.889. The van der Waals surface area contributed by atoms with Gasteiger partial charge in [-0.3, -0.25) is 4.79 Å². The Morgan fingerprint density at radius 1 is 1.40 bits per heavy atom. The molecule has 0 radical (unpaired) electrons. The molecule has 0 aliphatic carbocycles. The van der Waals surface area contributed by atoms with Crippen LogP contribution in [-0.4, -0.2) is 24.7 Å². The van der Waals surface area contributed by atoms with Crippen molar-refractivity contribution in [2.45, 2.75) is 32.9 Å². The van der Waals surface area contributed by atoms with E-state index < -0.39 is 26.2 Å². The second kappa shape index (κ2) is 4.40. The molecule has 15 heavy (non-hydrogen) atoms. The maximum Gasteiger partial charge on any atom is 0.321 e. The molecule has 0 atom stereocenters. The number of rotatable bonds is 3. The van der Waals surface area contributed by atoms with Gasteiger partial charge in [-0.1, -0.05) is 13.8 Å². The Morgan fingerprint density at radius 2 is 1.87 bits per heavy atom. The van der Waals surface area contributed by atoms with Gasteiger partial charge in [0.1, 0.15) is 5.78 Å². The fourth-order valence-corrected chi connectivity index (χ4v) is 2.84. The van der Waals surface area contributed by atoms with E-state index in [2.05, 4.69) is 0 Å². The molecule has 6 heteroatoms. The number of Topliss-reactive ketones (excluding diaryl/α,β-unsaturated/α-hetero) is 1. The average molecular weight is 240 g/mol. The van der Waals surface area contributed by atoms with E-state index in [1.54, 1.807) is 0 Å². The smallest absolute Gasteiger partial charge is 0.321 e. The summed E-state index contributed by atoms with van der Waals surface area (Å²) in [6, 6.07) is 0. The molecule has 0 aromatic carbocycles. The van der Waals surface area contributed by atoms with Crippen LogP contribution in [0.5, 0.6) is 0 Å². The van der Waals surface area contributed by atoms with Gasteiger partial charge in [0.25, 0.3) is 0 Å². The Kier molecular flexibility index (Phi) is 3.80. The van der Waals surface area contributed by atoms with Gasteiger partial charge in [0.05, 0.1) is 19.6 Å². The lowest BCUT2D eigenvalue weighted by Crippen LogP contribution is -2.32. The zero-order valence-corrected chi connectivity index (χ0v) is 9.94. The van der Waals surface area contributed by atoms with Gasteiger partial charge in [-0.25, -0.2) is 0 Å². The van der Waals surface area contributed by atoms with Crippen molar-refractivity contribution in [3.63, 3.8) is 0 Å². The van der Waals surface area contributed by atoms with Crippen LogP contribution < -0.4 is 0 Å². The van der Waals surface area contributed by atoms with Crippen molar-refractivity contribution in [1.82, 2.24) is 0 Å². The lowest BCUT2D eigenvalue weighted by Gasteiger charge is -2.36. The third kappa shape index (κ3) is 3.74. The minimum atomic E-state index is -3.17. The first-order valence-electron chi connectivity index (χ1n) is 4.66. The van der Waals surface area contributed by atoms with Crippen molar-refractivity contribution in [3.8, 4) is 0 Å². The molecule has 1 fully saturated rings. The highest BCUT2D eigenvalue weighted by molar-refractivity contribution is 7.48. The van der Waals surface area contributed by atoms with E-state index in [9.17, 15) is 13.6 Å². The Labute approximate surface area is 89.0 Å². The van der Waals surface area contributed by atoms with Gasteiger partial charge in [-0.2, -0.15) is 8.78 Å². The lowest BCUT2D eigenvalue weighted by molar-refractivity contribution is -0.121. The van der Waals surface area contributed by atoms with Crippen molar-refractivity contribution in [2.75, 3.05) is 13.2 Å². The van der Waals surface area contributed by atoms with E-state index in [0.29, 0.717) is 0 Å². The number of alkyl halides is 2. The van der Waals surface area contributed by atoms with E-state index in [1.807, 2.05) is 13.8 Å². The van der Waals surface area contributed by atoms with Crippen molar-refractivity contribution in [2.24, 2.45) is 5.41 Å². The first-order chi connectivity index (χ1) is 6.73. The number of ketones is 1. The number of carbonyl (C=O) groups is 1. The minimum Gasteiger partial charge on any atom is -0.329 e. The summed E-state index contributed by atoms with van der Waals surface area (Å²) in [6.07, 6.45) is -0.806. The van der Waals surface area contributed by atoms with Crippen LogP contribution >= 0.6 is 8.38 Å². The van der Waals surface area contributed by atoms with Crippen LogP contribution in [0, 0.1) is 5.41 Å². The number of hydrogen-bond donors (Lipinski definition) is 0. The number of hydrogen-bond acceptors (Lipinski definition) is 3. The zero-order chi connectivity index (χ0) is 11.7. The maximum atomic E-state index is 13.4. The molecule has 1 aliphatic heterocycles. The molecule has 1 aliphatic rings. The van der Waals surface area contributed by atoms with Crippen LogP contribution in [0.15, 0.2) is 0 Å². The average Bonchev–Trinajstić information content (AvgIpc) is 2.00. The summed E-state index contributed by atoms with van der Waals surface area (Å²) < 4.78 is 36.7. The SMILES string of the molecule is CC(=O)CC(F)(F)P1OCC(C)(C)CO1. The summed E-state index contributed by atoms with van der Waals surface area (Å²) in [6.45, 7) is 5.38. The zero-order valence-electron chi connectivity index (χ0n) is 9.05. The molecule has 0 bridgehead atoms. The Bertz CT molecular complexity index is 246. The van der Waals surface area contributed by atoms with E-state index in [-0.39, 0.29) is 18.6 Å². The second-order valence-corrected chi connectivity index (χ2v) is 6.20. The van der Waals surface area contributed by atoms with Crippen molar-refractivity contribution in [3.05, 3.63) is 0 Å². The van der Waals surface area contributed by atoms with Crippen molar-refractivity contribution < 1.29 is 22.6 Å². The van der Waals surface area contributed by atoms with E-state index in [4.69, 9.17) is 9.05 Å². The van der Waals surface area contributed by atoms with Crippen LogP contribution in [0.2, 0.25) is 0 Å². The molecule has 0 N–H and O–H groups in total. The highest BCUT2D eigenvalue weighted by atomic mass is 31.2. The molecule has 0 saturated carbocycles. The van der Waals surface area contributed by atoms with Crippen LogP contribution in [0.25, 0.3) is 0 Å². The topological polar surface area (TPSA) is 35.5 Å². The number of halogens is 2. The lowest BCUT2D eigenvalue weighted by atomic mass is 9.97. The van der Waals surface area contributed by atoms with Gasteiger partial charge in [-0.15, -0.1) is 0 Å². The molecule has 88 valence electrons. The summed E-state index contributed by atoms with van der Waals surface area (Å²) >= 11 is 0. The van der Waals surface area contributed by atoms with Crippen LogP contribution in [0.4, 0.5) is 8.78 Å². The van der Waals surface area contributed by atoms with Crippen molar-refractivity contribution in [1.29, 1.82) is 0 Å². The maximum absolute atomic E-state index is 13.4. The van der Waals surface area contributed by atoms with E-state index in [0.717, 1.165) is 6.92 Å². The van der Waals surface area contributed by atoms with E-state index >= 15 is 0 Å². The van der Waals surface area contributed by atoms with Crippen molar-refractivity contribution >= 4 is 14.2 Å². The molecule has 0 amide bonds. The van der Waals surface area contributed by atoms with Crippen LogP contribution in [0.3, 0.4) is 0 Å². The fourth-order valence-electron chi connectivity index (χ4n) is 1.10. The Balaban J connectivity index is 2.55. The number of carbonyl (C=O) groups excluding carboxylic acids is 1. The standard InChI is InChI=1S/C9H15F2O3P/c1-7(12)4-9(10,11)15-13-5-8(2,3)6-14-15/h4-6H2,1-3H3. The third-order valence-corrected chi connectivity index (χ3v) is 3.29. The largest absolute Gasteiger partial charge is 0.329 e. The second-order valence-electron chi connectivity index (χ2n) is 4.51. The molecule has 1 rings (SSSR count). The van der Waals surface area contributed by atoms with Gasteiger partial charge in [0.15, 0.2) is 0 Å². The Hall–Kier alpha value is -0.120. The first kappa shape index (κ1) is 12.9. The summed E-state index contributed by atoms with van der Waals surface area (Å²) in [5, 5.41) is 0. The summed E-state index contributed by atoms with van der Waals surface area (Å²) in [4.78, 5) is 10.6. The molecule has 1 heterocycles. The molecule has 1 saturated heterocycles. The highest BCUT2D eigenvalue weighted by Crippen LogP contribution is 2.59. The summed E-state index contributed by atoms with van der Waals surface area (Å²) in [5.41, 5.74) is -3.40. The normalized spacial score (nSPS) is 22.7. The predicted octanol–water partition coefficient (Wildman–Crippen LogP) is 2.94. The van der Waals surface area contributed by atoms with Gasteiger partial charge in [0.2, 0.25) is 8.38 Å². The molecule has 0 aromatic heterocycles. The molecular weight excluding hydrogens is 225 g/mol. The molecule has 0 spiro atoms. The summed E-state index contributed by atoms with van der Waals surface area (Å²) in [7, 11) is -2.26. The van der Waals surface area contributed by atoms with Gasteiger partial charge >= 0.3 is 5.66 Å². The first-order valence-corrected chi connectivity index (χ1v) is 5.84. The van der Waals surface area contributed by atoms with Crippen LogP contribution in [0.1, 0.15) is 27.2 Å². The minimum absolute atomic E-state index is 0.231. The van der Waals surface area contributed by atoms with E-state index in [1.165, 1.54) is 0 Å². The molecule has 0 unspecified atom stereocenters. The van der Waals surface area contributed by atoms with Gasteiger partial charge < -0.3 is 9.05 Å². The molecule has 0 aromatic rings. The van der Waals surface area contributed by atoms with Crippen LogP contribution in [-0.2, 0) is 13.8 Å². The highest BCUT2D eigenvalue weighted by Gasteiger charge is 2.47. The molecule has 3 nitrogen and oxygen atoms in total. The summed E-state index contributed by atoms with van der Waals surface area (Å²) in [5.74, 6) is -0.556. The predicted molar refractivity (Wildman–Crippen MR) is 52.9 cm³/mol. The van der Waals surface area contributed by atoms with Gasteiger partial charge in [-0.05, 0) is 6.92 Å². The monoisotopic (exact) mass is 240 g/mol. The quantitative estimate of drug-likeness (QED) is 0.711. The van der Waals surface area contributed by atoms with Gasteiger partial charge in [0, 0.05) is 5.41 Å². The third-order valence-electron chi connectivity index (χ3n) is 1.87. The molecular formula is C9H15F2O3P. The Morgan fingerprint density at radius 3 is 2.27 bits per heavy atom.